The third kappa shape index (κ3) is 9.47. The number of carbonyl (C=O) groups excluding carboxylic acids is 2. The van der Waals surface area contributed by atoms with Crippen LogP contribution in [0.4, 0.5) is 0 Å². The number of ketones is 2. The van der Waals surface area contributed by atoms with E-state index in [0.29, 0.717) is 6.42 Å². The van der Waals surface area contributed by atoms with Gasteiger partial charge >= 0.3 is 5.97 Å². The van der Waals surface area contributed by atoms with Crippen molar-refractivity contribution >= 4 is 17.5 Å². The average Bonchev–Trinajstić information content (AvgIpc) is 2.51. The smallest absolute Gasteiger partial charge is 0.307 e. The summed E-state index contributed by atoms with van der Waals surface area (Å²) in [4.78, 5) is 36.0. The molecule has 6 nitrogen and oxygen atoms in total. The number of hydrogen-bond acceptors (Lipinski definition) is 4. The number of aliphatic carboxylic acids is 1. The van der Waals surface area contributed by atoms with Crippen LogP contribution >= 0.6 is 0 Å². The van der Waals surface area contributed by atoms with Crippen molar-refractivity contribution in [2.24, 2.45) is 0 Å². The summed E-state index contributed by atoms with van der Waals surface area (Å²) in [6.07, 6.45) is 9.65. The molecule has 0 aromatic heterocycles. The number of hydrogen-bond donors (Lipinski definition) is 2. The summed E-state index contributed by atoms with van der Waals surface area (Å²) in [6.45, 7) is 3.35. The van der Waals surface area contributed by atoms with Gasteiger partial charge < -0.3 is 14.7 Å². The summed E-state index contributed by atoms with van der Waals surface area (Å²) in [5.41, 5.74) is -2.18. The fourth-order valence-corrected chi connectivity index (χ4v) is 3.73. The van der Waals surface area contributed by atoms with Gasteiger partial charge in [-0.15, -0.1) is 0 Å². The lowest BCUT2D eigenvalue weighted by Gasteiger charge is -2.41. The number of Topliss-reactive ketones (excluding diaryl/α,β-unsaturated/α-hetero) is 2. The maximum Gasteiger partial charge on any atom is 0.307 e. The maximum atomic E-state index is 12.8. The van der Waals surface area contributed by atoms with Crippen LogP contribution in [0.15, 0.2) is 0 Å². The van der Waals surface area contributed by atoms with E-state index in [1.54, 1.807) is 21.1 Å². The van der Waals surface area contributed by atoms with E-state index in [1.165, 1.54) is 32.1 Å². The molecule has 2 atom stereocenters. The van der Waals surface area contributed by atoms with E-state index in [4.69, 9.17) is 5.11 Å². The standard InChI is InChI=1S/C21H39NO5/c1-6-7-8-9-10-11-12-13-14-15-18(24)20(22(3,4)5)21(27,17(2)23)16-19(25)26/h20,27H,6-16H2,1-5H3/p+1. The number of quaternary nitrogens is 1. The number of nitrogens with zero attached hydrogens (tertiary/aromatic N) is 1. The summed E-state index contributed by atoms with van der Waals surface area (Å²) < 4.78 is 0.0135. The Hall–Kier alpha value is -1.27. The van der Waals surface area contributed by atoms with Crippen molar-refractivity contribution in [3.8, 4) is 0 Å². The Bertz CT molecular complexity index is 483. The quantitative estimate of drug-likeness (QED) is 0.313. The molecule has 0 amide bonds. The topological polar surface area (TPSA) is 91.7 Å². The molecule has 0 aromatic carbocycles. The number of carboxylic acid groups (broad SMARTS) is 1. The van der Waals surface area contributed by atoms with Crippen LogP contribution in [0.1, 0.15) is 84.5 Å². The molecule has 0 saturated heterocycles. The van der Waals surface area contributed by atoms with Crippen LogP contribution in [0.5, 0.6) is 0 Å². The first-order valence-corrected chi connectivity index (χ1v) is 10.3. The largest absolute Gasteiger partial charge is 0.481 e. The Morgan fingerprint density at radius 3 is 1.70 bits per heavy atom. The van der Waals surface area contributed by atoms with Crippen molar-refractivity contribution in [1.82, 2.24) is 0 Å². The number of unbranched alkanes of at least 4 members (excludes halogenated alkanes) is 8. The van der Waals surface area contributed by atoms with Crippen molar-refractivity contribution in [2.75, 3.05) is 21.1 Å². The first-order chi connectivity index (χ1) is 12.5. The van der Waals surface area contributed by atoms with E-state index < -0.39 is 29.8 Å². The molecule has 2 N–H and O–H groups in total. The van der Waals surface area contributed by atoms with Crippen LogP contribution in [-0.2, 0) is 14.4 Å². The van der Waals surface area contributed by atoms with E-state index in [2.05, 4.69) is 6.92 Å². The van der Waals surface area contributed by atoms with Crippen molar-refractivity contribution in [1.29, 1.82) is 0 Å². The molecule has 0 heterocycles. The summed E-state index contributed by atoms with van der Waals surface area (Å²) >= 11 is 0. The molecule has 2 unspecified atom stereocenters. The van der Waals surface area contributed by atoms with E-state index in [0.717, 1.165) is 26.2 Å². The van der Waals surface area contributed by atoms with E-state index >= 15 is 0 Å². The van der Waals surface area contributed by atoms with Gasteiger partial charge in [0.15, 0.2) is 23.2 Å². The molecule has 0 aliphatic heterocycles. The summed E-state index contributed by atoms with van der Waals surface area (Å²) in [5, 5.41) is 19.9. The van der Waals surface area contributed by atoms with Crippen molar-refractivity contribution < 1.29 is 29.1 Å². The number of likely N-dealkylation sites (N-methyl/N-ethyl adjacent to an activating group) is 1. The molecule has 27 heavy (non-hydrogen) atoms. The Kier molecular flexibility index (Phi) is 11.7. The van der Waals surface area contributed by atoms with E-state index in [1.807, 2.05) is 0 Å². The highest BCUT2D eigenvalue weighted by Gasteiger charge is 2.53. The zero-order valence-corrected chi connectivity index (χ0v) is 17.9. The molecule has 0 saturated carbocycles. The maximum absolute atomic E-state index is 12.8. The van der Waals surface area contributed by atoms with E-state index in [-0.39, 0.29) is 16.7 Å². The molecule has 0 radical (unpaired) electrons. The number of rotatable bonds is 16. The van der Waals surface area contributed by atoms with Gasteiger partial charge in [-0.1, -0.05) is 58.3 Å². The fraction of sp³-hybridized carbons (Fsp3) is 0.857. The monoisotopic (exact) mass is 386 g/mol. The minimum Gasteiger partial charge on any atom is -0.481 e. The van der Waals surface area contributed by atoms with Crippen LogP contribution in [0.3, 0.4) is 0 Å². The second-order valence-corrected chi connectivity index (χ2v) is 8.61. The van der Waals surface area contributed by atoms with Crippen LogP contribution in [0.2, 0.25) is 0 Å². The van der Waals surface area contributed by atoms with Crippen LogP contribution in [0, 0.1) is 0 Å². The molecule has 0 aliphatic rings. The fourth-order valence-electron chi connectivity index (χ4n) is 3.73. The molecule has 0 aromatic rings. The molecule has 6 heteroatoms. The van der Waals surface area contributed by atoms with Gasteiger partial charge in [-0.05, 0) is 13.3 Å². The molecule has 0 spiro atoms. The second-order valence-electron chi connectivity index (χ2n) is 8.61. The molecule has 0 fully saturated rings. The Balaban J connectivity index is 4.69. The van der Waals surface area contributed by atoms with Gasteiger partial charge in [0.2, 0.25) is 0 Å². The lowest BCUT2D eigenvalue weighted by molar-refractivity contribution is -0.892. The van der Waals surface area contributed by atoms with Gasteiger partial charge in [0.1, 0.15) is 0 Å². The lowest BCUT2D eigenvalue weighted by atomic mass is 9.81. The zero-order valence-electron chi connectivity index (χ0n) is 17.9. The summed E-state index contributed by atoms with van der Waals surface area (Å²) in [7, 11) is 5.11. The highest BCUT2D eigenvalue weighted by atomic mass is 16.4. The first kappa shape index (κ1) is 25.7. The zero-order chi connectivity index (χ0) is 21.1. The molecule has 0 rings (SSSR count). The summed E-state index contributed by atoms with van der Waals surface area (Å²) in [5.74, 6) is -2.21. The van der Waals surface area contributed by atoms with Gasteiger partial charge in [-0.25, -0.2) is 0 Å². The third-order valence-electron chi connectivity index (χ3n) is 5.09. The number of carbonyl (C=O) groups is 3. The molecule has 158 valence electrons. The SMILES string of the molecule is CCCCCCCCCCCC(=O)C(C(O)(CC(=O)O)C(C)=O)[N+](C)(C)C. The Labute approximate surface area is 164 Å². The third-order valence-corrected chi connectivity index (χ3v) is 5.09. The van der Waals surface area contributed by atoms with Crippen molar-refractivity contribution in [3.05, 3.63) is 0 Å². The van der Waals surface area contributed by atoms with Gasteiger partial charge in [-0.2, -0.15) is 0 Å². The second kappa shape index (κ2) is 12.2. The van der Waals surface area contributed by atoms with Gasteiger partial charge in [0, 0.05) is 6.42 Å². The minimum absolute atomic E-state index is 0.0135. The van der Waals surface area contributed by atoms with Crippen LogP contribution < -0.4 is 0 Å². The van der Waals surface area contributed by atoms with Crippen molar-refractivity contribution in [3.63, 3.8) is 0 Å². The predicted molar refractivity (Wildman–Crippen MR) is 107 cm³/mol. The predicted octanol–water partition coefficient (Wildman–Crippen LogP) is 3.35. The van der Waals surface area contributed by atoms with Gasteiger partial charge in [0.25, 0.3) is 0 Å². The molecule has 0 aliphatic carbocycles. The number of carboxylic acids is 1. The number of aliphatic hydroxyl groups is 1. The molecular formula is C21H40NO5+. The highest BCUT2D eigenvalue weighted by Crippen LogP contribution is 2.27. The van der Waals surface area contributed by atoms with E-state index in [9.17, 15) is 19.5 Å². The van der Waals surface area contributed by atoms with Gasteiger partial charge in [-0.3, -0.25) is 14.4 Å². The van der Waals surface area contributed by atoms with Crippen LogP contribution in [-0.4, -0.2) is 65.0 Å². The van der Waals surface area contributed by atoms with Crippen LogP contribution in [0.25, 0.3) is 0 Å². The summed E-state index contributed by atoms with van der Waals surface area (Å²) in [6, 6.07) is -1.08. The average molecular weight is 387 g/mol. The normalized spacial score (nSPS) is 15.2. The minimum atomic E-state index is -2.18. The van der Waals surface area contributed by atoms with Gasteiger partial charge in [0.05, 0.1) is 27.6 Å². The first-order valence-electron chi connectivity index (χ1n) is 10.3. The lowest BCUT2D eigenvalue weighted by Crippen LogP contribution is -2.65. The Morgan fingerprint density at radius 1 is 0.889 bits per heavy atom. The van der Waals surface area contributed by atoms with Crippen molar-refractivity contribution in [2.45, 2.75) is 96.1 Å². The highest BCUT2D eigenvalue weighted by molar-refractivity contribution is 5.97. The molecular weight excluding hydrogens is 346 g/mol. The Morgan fingerprint density at radius 2 is 1.33 bits per heavy atom. The molecule has 0 bridgehead atoms.